The zero-order valence-corrected chi connectivity index (χ0v) is 26.2. The van der Waals surface area contributed by atoms with E-state index < -0.39 is 21.7 Å². The number of phenols is 2. The van der Waals surface area contributed by atoms with Crippen molar-refractivity contribution in [2.45, 2.75) is 77.0 Å². The van der Waals surface area contributed by atoms with Crippen LogP contribution >= 0.6 is 0 Å². The van der Waals surface area contributed by atoms with Crippen LogP contribution in [0.25, 0.3) is 0 Å². The van der Waals surface area contributed by atoms with Crippen LogP contribution < -0.4 is 43.0 Å². The van der Waals surface area contributed by atoms with Crippen LogP contribution in [0.2, 0.25) is 0 Å². The first-order chi connectivity index (χ1) is 21.2. The predicted molar refractivity (Wildman–Crippen MR) is 179 cm³/mol. The lowest BCUT2D eigenvalue weighted by Crippen LogP contribution is -2.38. The van der Waals surface area contributed by atoms with Crippen molar-refractivity contribution < 1.29 is 10.2 Å². The molecule has 3 aromatic carbocycles. The second-order valence-corrected chi connectivity index (χ2v) is 11.8. The highest BCUT2D eigenvalue weighted by Crippen LogP contribution is 2.25. The molecular formula is C33H49N5O6. The Morgan fingerprint density at radius 3 is 1.32 bits per heavy atom. The molecular weight excluding hydrogens is 562 g/mol. The maximum Gasteiger partial charge on any atom is 0.253 e. The standard InChI is InChI=1S/C33H49N5O6/c1-38(2)21-13-19-36-27-26(30(41)31(27)42)34-17-11-9-7-5-3-4-6-8-10-12-18-35-28-29(33(44)32(28)43)37-20-16-23-14-15-24(39)25(40)22-23/h14-15,22,34-37,39-40H,3-13,16-21H2,1-2H3. The van der Waals surface area contributed by atoms with Gasteiger partial charge in [-0.05, 0) is 64.0 Å². The van der Waals surface area contributed by atoms with E-state index in [2.05, 4.69) is 26.2 Å². The molecule has 11 heteroatoms. The number of nitrogens with zero attached hydrogens (tertiary/aromatic N) is 1. The maximum atomic E-state index is 12.0. The van der Waals surface area contributed by atoms with Crippen molar-refractivity contribution in [3.63, 3.8) is 0 Å². The molecule has 44 heavy (non-hydrogen) atoms. The molecule has 242 valence electrons. The van der Waals surface area contributed by atoms with Crippen LogP contribution in [0.3, 0.4) is 0 Å². The molecule has 0 amide bonds. The molecule has 0 aliphatic carbocycles. The van der Waals surface area contributed by atoms with E-state index in [4.69, 9.17) is 0 Å². The highest BCUT2D eigenvalue weighted by molar-refractivity contribution is 5.74. The van der Waals surface area contributed by atoms with E-state index in [0.29, 0.717) is 55.3 Å². The van der Waals surface area contributed by atoms with E-state index in [-0.39, 0.29) is 11.5 Å². The number of rotatable bonds is 24. The molecule has 0 aliphatic rings. The van der Waals surface area contributed by atoms with Gasteiger partial charge in [-0.2, -0.15) is 0 Å². The first-order valence-electron chi connectivity index (χ1n) is 16.0. The largest absolute Gasteiger partial charge is 0.504 e. The van der Waals surface area contributed by atoms with Gasteiger partial charge in [0.1, 0.15) is 22.7 Å². The number of hydrogen-bond donors (Lipinski definition) is 6. The Hall–Kier alpha value is -3.86. The number of phenolic OH excluding ortho intramolecular Hbond substituents is 2. The molecule has 0 heterocycles. The first kappa shape index (κ1) is 34.6. The number of aromatic hydroxyl groups is 2. The van der Waals surface area contributed by atoms with E-state index in [1.807, 2.05) is 14.1 Å². The van der Waals surface area contributed by atoms with E-state index in [1.54, 1.807) is 6.07 Å². The van der Waals surface area contributed by atoms with Crippen molar-refractivity contribution in [2.24, 2.45) is 0 Å². The maximum absolute atomic E-state index is 12.0. The van der Waals surface area contributed by atoms with Crippen molar-refractivity contribution in [3.05, 3.63) is 64.7 Å². The summed E-state index contributed by atoms with van der Waals surface area (Å²) in [5.74, 6) is -0.362. The van der Waals surface area contributed by atoms with Gasteiger partial charge >= 0.3 is 0 Å². The third-order valence-electron chi connectivity index (χ3n) is 7.87. The van der Waals surface area contributed by atoms with Gasteiger partial charge in [-0.25, -0.2) is 0 Å². The van der Waals surface area contributed by atoms with E-state index in [0.717, 1.165) is 57.1 Å². The number of anilines is 4. The van der Waals surface area contributed by atoms with Gasteiger partial charge in [0.15, 0.2) is 11.5 Å². The Labute approximate surface area is 259 Å². The first-order valence-corrected chi connectivity index (χ1v) is 16.0. The lowest BCUT2D eigenvalue weighted by atomic mass is 10.1. The lowest BCUT2D eigenvalue weighted by molar-refractivity contribution is 0.403. The van der Waals surface area contributed by atoms with Crippen LogP contribution in [0.4, 0.5) is 22.7 Å². The van der Waals surface area contributed by atoms with Crippen LogP contribution in [0.15, 0.2) is 37.4 Å². The second-order valence-electron chi connectivity index (χ2n) is 11.8. The monoisotopic (exact) mass is 611 g/mol. The van der Waals surface area contributed by atoms with E-state index >= 15 is 0 Å². The SMILES string of the molecule is CN(C)CCCNc1c(NCCCCCCCCCCCCNc2c(NCCc3ccc(O)c(O)c3)c(=O)c2=O)c(=O)c1=O. The minimum atomic E-state index is -0.507. The van der Waals surface area contributed by atoms with Crippen LogP contribution in [0.5, 0.6) is 11.5 Å². The molecule has 0 atom stereocenters. The van der Waals surface area contributed by atoms with Crippen LogP contribution in [0, 0.1) is 0 Å². The summed E-state index contributed by atoms with van der Waals surface area (Å²) < 4.78 is 0. The highest BCUT2D eigenvalue weighted by atomic mass is 16.3. The Bertz CT molecular complexity index is 1450. The van der Waals surface area contributed by atoms with Gasteiger partial charge in [0, 0.05) is 26.2 Å². The summed E-state index contributed by atoms with van der Waals surface area (Å²) in [6.07, 6.45) is 12.5. The second kappa shape index (κ2) is 18.1. The number of benzene rings is 1. The van der Waals surface area contributed by atoms with Crippen LogP contribution in [-0.4, -0.2) is 61.9 Å². The summed E-state index contributed by atoms with van der Waals surface area (Å²) in [6, 6.07) is 4.60. The molecule has 0 aliphatic heterocycles. The molecule has 0 unspecified atom stereocenters. The van der Waals surface area contributed by atoms with Gasteiger partial charge in [-0.15, -0.1) is 0 Å². The van der Waals surface area contributed by atoms with Gasteiger partial charge in [0.25, 0.3) is 21.7 Å². The third-order valence-corrected chi connectivity index (χ3v) is 7.87. The predicted octanol–water partition coefficient (Wildman–Crippen LogP) is 3.73. The molecule has 0 bridgehead atoms. The Morgan fingerprint density at radius 2 is 0.909 bits per heavy atom. The summed E-state index contributed by atoms with van der Waals surface area (Å²) >= 11 is 0. The summed E-state index contributed by atoms with van der Waals surface area (Å²) in [6.45, 7) is 3.37. The highest BCUT2D eigenvalue weighted by Gasteiger charge is 2.21. The minimum Gasteiger partial charge on any atom is -0.504 e. The summed E-state index contributed by atoms with van der Waals surface area (Å²) in [4.78, 5) is 49.7. The fourth-order valence-corrected chi connectivity index (χ4v) is 5.21. The molecule has 0 radical (unpaired) electrons. The summed E-state index contributed by atoms with van der Waals surface area (Å²) in [7, 11) is 4.01. The van der Waals surface area contributed by atoms with Gasteiger partial charge in [-0.1, -0.05) is 57.4 Å². The smallest absolute Gasteiger partial charge is 0.253 e. The molecule has 0 saturated heterocycles. The van der Waals surface area contributed by atoms with Crippen molar-refractivity contribution in [3.8, 4) is 11.5 Å². The molecule has 0 aromatic heterocycles. The fourth-order valence-electron chi connectivity index (χ4n) is 5.21. The number of unbranched alkanes of at least 4 members (excludes halogenated alkanes) is 9. The van der Waals surface area contributed by atoms with Crippen molar-refractivity contribution in [1.29, 1.82) is 0 Å². The zero-order chi connectivity index (χ0) is 31.9. The normalized spacial score (nSPS) is 11.4. The summed E-state index contributed by atoms with van der Waals surface area (Å²) in [5.41, 5.74) is 0.555. The molecule has 3 aromatic rings. The quantitative estimate of drug-likeness (QED) is 0.0498. The van der Waals surface area contributed by atoms with Crippen molar-refractivity contribution >= 4 is 22.7 Å². The van der Waals surface area contributed by atoms with Crippen molar-refractivity contribution in [1.82, 2.24) is 4.90 Å². The zero-order valence-electron chi connectivity index (χ0n) is 26.2. The molecule has 6 N–H and O–H groups in total. The minimum absolute atomic E-state index is 0.177. The Balaban J connectivity index is 1.15. The molecule has 0 fully saturated rings. The Kier molecular flexibility index (Phi) is 14.2. The van der Waals surface area contributed by atoms with Gasteiger partial charge in [-0.3, -0.25) is 19.2 Å². The van der Waals surface area contributed by atoms with Gasteiger partial charge in [0.05, 0.1) is 0 Å². The third kappa shape index (κ3) is 10.4. The van der Waals surface area contributed by atoms with Crippen molar-refractivity contribution in [2.75, 3.05) is 68.1 Å². The number of nitrogens with one attached hydrogen (secondary N) is 4. The molecule has 11 nitrogen and oxygen atoms in total. The average molecular weight is 612 g/mol. The van der Waals surface area contributed by atoms with E-state index in [9.17, 15) is 29.4 Å². The average Bonchev–Trinajstić information content (AvgIpc) is 3.01. The Morgan fingerprint density at radius 1 is 0.523 bits per heavy atom. The van der Waals surface area contributed by atoms with Crippen LogP contribution in [0.1, 0.15) is 76.2 Å². The van der Waals surface area contributed by atoms with Gasteiger partial charge < -0.3 is 36.4 Å². The molecule has 0 saturated carbocycles. The topological polar surface area (TPSA) is 160 Å². The summed E-state index contributed by atoms with van der Waals surface area (Å²) in [5, 5.41) is 31.4. The van der Waals surface area contributed by atoms with E-state index in [1.165, 1.54) is 37.8 Å². The lowest BCUT2D eigenvalue weighted by Gasteiger charge is -2.15. The number of hydrogen-bond acceptors (Lipinski definition) is 11. The molecule has 0 spiro atoms. The van der Waals surface area contributed by atoms with Gasteiger partial charge in [0.2, 0.25) is 0 Å². The molecule has 3 rings (SSSR count). The fraction of sp³-hybridized carbons (Fsp3) is 0.576. The van der Waals surface area contributed by atoms with Crippen LogP contribution in [-0.2, 0) is 6.42 Å².